The van der Waals surface area contributed by atoms with Gasteiger partial charge in [0.1, 0.15) is 41.5 Å². The highest BCUT2D eigenvalue weighted by Crippen LogP contribution is 2.56. The number of nitrogens with one attached hydrogen (secondary N) is 3. The minimum absolute atomic E-state index is 0.0408. The SMILES string of the molecule is COc1ccc(C(OC[C@H]2C[C@@H](n3nnc4c(=O)[nH]c(NC(=O)C(C)C)nc43)[C@H](O[P@@](=S)(OCCC#N)OC[C@H]3C[C@@H](Nc4ccncn4)[C@H](F)[C@@H]3O[PH](=O)O)C2)(c2ccccc2)c2ccc(OC)cc2)cc1. The lowest BCUT2D eigenvalue weighted by Gasteiger charge is -2.37. The van der Waals surface area contributed by atoms with Gasteiger partial charge in [0.15, 0.2) is 11.2 Å². The highest BCUT2D eigenvalue weighted by molar-refractivity contribution is 8.07. The lowest BCUT2D eigenvalue weighted by atomic mass is 9.80. The van der Waals surface area contributed by atoms with Gasteiger partial charge in [-0.1, -0.05) is 73.7 Å². The van der Waals surface area contributed by atoms with E-state index in [4.69, 9.17) is 44.1 Å². The quantitative estimate of drug-likeness (QED) is 0.0285. The maximum atomic E-state index is 16.1. The molecule has 25 heteroatoms. The van der Waals surface area contributed by atoms with Gasteiger partial charge in [0, 0.05) is 18.0 Å². The number of aromatic nitrogens is 7. The van der Waals surface area contributed by atoms with E-state index in [0.717, 1.165) is 16.7 Å². The van der Waals surface area contributed by atoms with Gasteiger partial charge in [-0.2, -0.15) is 10.2 Å². The first-order valence-corrected chi connectivity index (χ1v) is 27.2. The first kappa shape index (κ1) is 53.2. The summed E-state index contributed by atoms with van der Waals surface area (Å²) in [6, 6.07) is 26.9. The highest BCUT2D eigenvalue weighted by Gasteiger charge is 2.48. The number of carbonyl (C=O) groups excluding carboxylic acids is 1. The van der Waals surface area contributed by atoms with Crippen LogP contribution in [0.25, 0.3) is 11.2 Å². The summed E-state index contributed by atoms with van der Waals surface area (Å²) in [4.78, 5) is 51.3. The lowest BCUT2D eigenvalue weighted by molar-refractivity contribution is -0.118. The molecule has 0 spiro atoms. The third-order valence-corrected chi connectivity index (χ3v) is 15.6. The predicted octanol–water partition coefficient (Wildman–Crippen LogP) is 7.04. The van der Waals surface area contributed by atoms with Gasteiger partial charge in [-0.05, 0) is 84.0 Å². The molecular weight excluding hydrogens is 1010 g/mol. The van der Waals surface area contributed by atoms with Crippen LogP contribution in [0.5, 0.6) is 11.5 Å². The van der Waals surface area contributed by atoms with E-state index < -0.39 is 68.4 Å². The fourth-order valence-electron chi connectivity index (χ4n) is 9.16. The van der Waals surface area contributed by atoms with Crippen LogP contribution >= 0.6 is 15.0 Å². The summed E-state index contributed by atoms with van der Waals surface area (Å²) >= 11 is 6.11. The minimum atomic E-state index is -3.94. The summed E-state index contributed by atoms with van der Waals surface area (Å²) in [6.45, 7) is -0.968. The number of halogens is 1. The van der Waals surface area contributed by atoms with Gasteiger partial charge in [-0.25, -0.2) is 19.0 Å². The van der Waals surface area contributed by atoms with Gasteiger partial charge in [-0.15, -0.1) is 5.10 Å². The topological polar surface area (TPSA) is 269 Å². The molecule has 2 aliphatic carbocycles. The molecule has 2 fully saturated rings. The van der Waals surface area contributed by atoms with Crippen LogP contribution in [0.4, 0.5) is 16.2 Å². The molecule has 8 rings (SSSR count). The number of carbonyl (C=O) groups is 1. The van der Waals surface area contributed by atoms with E-state index in [1.54, 1.807) is 34.1 Å². The molecule has 0 radical (unpaired) electrons. The molecule has 1 unspecified atom stereocenters. The Kier molecular flexibility index (Phi) is 17.4. The molecule has 6 aromatic rings. The summed E-state index contributed by atoms with van der Waals surface area (Å²) in [5.41, 5.74) is 0.518. The Morgan fingerprint density at radius 1 is 1.00 bits per heavy atom. The zero-order chi connectivity index (χ0) is 51.7. The number of methoxy groups -OCH3 is 2. The van der Waals surface area contributed by atoms with Crippen LogP contribution in [0.15, 0.2) is 102 Å². The smallest absolute Gasteiger partial charge is 0.327 e. The molecule has 4 N–H and O–H groups in total. The maximum absolute atomic E-state index is 16.1. The normalized spacial score (nSPS) is 22.1. The Morgan fingerprint density at radius 3 is 2.30 bits per heavy atom. The van der Waals surface area contributed by atoms with Gasteiger partial charge >= 0.3 is 15.0 Å². The molecule has 73 heavy (non-hydrogen) atoms. The average Bonchev–Trinajstić information content (AvgIpc) is 4.08. The molecule has 1 amide bonds. The number of fused-ring (bicyclic) bond motifs is 1. The largest absolute Gasteiger partial charge is 0.497 e. The van der Waals surface area contributed by atoms with Crippen molar-refractivity contribution in [3.05, 3.63) is 124 Å². The van der Waals surface area contributed by atoms with Crippen molar-refractivity contribution in [1.29, 1.82) is 5.26 Å². The molecule has 2 saturated carbocycles. The van der Waals surface area contributed by atoms with Crippen molar-refractivity contribution in [3.8, 4) is 17.6 Å². The second kappa shape index (κ2) is 23.9. The second-order valence-corrected chi connectivity index (χ2v) is 21.5. The van der Waals surface area contributed by atoms with E-state index in [-0.39, 0.29) is 74.4 Å². The average molecular weight is 1060 g/mol. The van der Waals surface area contributed by atoms with Gasteiger partial charge in [0.25, 0.3) is 5.56 Å². The van der Waals surface area contributed by atoms with Gasteiger partial charge in [0.05, 0.1) is 64.7 Å². The van der Waals surface area contributed by atoms with Crippen LogP contribution in [0.3, 0.4) is 0 Å². The van der Waals surface area contributed by atoms with E-state index in [2.05, 4.69) is 40.9 Å². The van der Waals surface area contributed by atoms with Crippen LogP contribution in [0.2, 0.25) is 0 Å². The molecule has 0 aliphatic heterocycles. The molecule has 2 aliphatic rings. The number of ether oxygens (including phenoxy) is 3. The monoisotopic (exact) mass is 1060 g/mol. The van der Waals surface area contributed by atoms with Crippen LogP contribution in [0.1, 0.15) is 62.3 Å². The Labute approximate surface area is 425 Å². The molecule has 0 saturated heterocycles. The second-order valence-electron chi connectivity index (χ2n) is 17.7. The number of nitriles is 1. The summed E-state index contributed by atoms with van der Waals surface area (Å²) in [5.74, 6) is -0.482. The number of H-pyrrole nitrogens is 1. The van der Waals surface area contributed by atoms with E-state index >= 15 is 4.39 Å². The zero-order valence-electron chi connectivity index (χ0n) is 40.2. The molecule has 0 bridgehead atoms. The minimum Gasteiger partial charge on any atom is -0.497 e. The van der Waals surface area contributed by atoms with Gasteiger partial charge in [-0.3, -0.25) is 24.5 Å². The van der Waals surface area contributed by atoms with Crippen molar-refractivity contribution >= 4 is 55.6 Å². The lowest BCUT2D eigenvalue weighted by Crippen LogP contribution is -2.34. The zero-order valence-corrected chi connectivity index (χ0v) is 42.9. The summed E-state index contributed by atoms with van der Waals surface area (Å²) in [7, 11) is -0.433. The number of hydrogen-bond acceptors (Lipinski definition) is 18. The highest BCUT2D eigenvalue weighted by atomic mass is 32.5. The summed E-state index contributed by atoms with van der Waals surface area (Å²) in [5, 5.41) is 23.8. The van der Waals surface area contributed by atoms with Crippen molar-refractivity contribution in [2.75, 3.05) is 44.7 Å². The summed E-state index contributed by atoms with van der Waals surface area (Å²) in [6.07, 6.45) is -0.785. The van der Waals surface area contributed by atoms with E-state index in [1.165, 1.54) is 17.2 Å². The number of anilines is 2. The fraction of sp³-hybridized carbons (Fsp3) is 0.417. The van der Waals surface area contributed by atoms with Gasteiger partial charge < -0.3 is 42.5 Å². The molecule has 386 valence electrons. The number of benzene rings is 3. The van der Waals surface area contributed by atoms with Gasteiger partial charge in [0.2, 0.25) is 11.9 Å². The Morgan fingerprint density at radius 2 is 1.68 bits per heavy atom. The Bertz CT molecular complexity index is 2950. The van der Waals surface area contributed by atoms with Crippen LogP contribution in [-0.4, -0.2) is 104 Å². The molecule has 21 nitrogen and oxygen atoms in total. The molecule has 3 aromatic heterocycles. The Hall–Kier alpha value is -6.05. The Balaban J connectivity index is 1.16. The summed E-state index contributed by atoms with van der Waals surface area (Å²) < 4.78 is 72.7. The van der Waals surface area contributed by atoms with E-state index in [0.29, 0.717) is 17.3 Å². The molecule has 3 heterocycles. The molecule has 9 atom stereocenters. The van der Waals surface area contributed by atoms with Crippen molar-refractivity contribution in [2.24, 2.45) is 17.8 Å². The maximum Gasteiger partial charge on any atom is 0.327 e. The number of alkyl halides is 1. The number of rotatable bonds is 23. The van der Waals surface area contributed by atoms with Crippen molar-refractivity contribution < 1.29 is 50.9 Å². The van der Waals surface area contributed by atoms with Crippen molar-refractivity contribution in [2.45, 2.75) is 75.6 Å². The van der Waals surface area contributed by atoms with E-state index in [1.807, 2.05) is 84.9 Å². The molecular formula is C48H55FN10O11P2S. The third-order valence-electron chi connectivity index (χ3n) is 12.7. The first-order valence-electron chi connectivity index (χ1n) is 23.4. The van der Waals surface area contributed by atoms with Crippen molar-refractivity contribution in [3.63, 3.8) is 0 Å². The standard InChI is InChI=1S/C48H55FN10O11P2S/c1-29(2)45(60)55-47-54-44-42(46(61)56-47)57-58-59(44)38-23-30(26-66-48(32-9-6-5-7-10-32,33-11-15-35(64-3)16-12-33)34-13-17-36(65-4)18-14-34)24-39(38)70-72(73,67-22-8-20-50)68-27-31-25-37(41(49)43(31)69-71(62)63)53-40-19-21-51-28-52-40/h5-7,9-19,21,28-31,37-39,41,43,71H,8,22-27H2,1-4H3,(H,62,63)(H,51,52,53)(H2,54,55,56,60,61)/t30-,31+,37+,38+,39+,41-,43+,72+/m0/s1. The number of amides is 1. The van der Waals surface area contributed by atoms with Crippen LogP contribution in [0, 0.1) is 29.1 Å². The van der Waals surface area contributed by atoms with Crippen LogP contribution in [-0.2, 0) is 49.6 Å². The number of hydrogen-bond donors (Lipinski definition) is 4. The van der Waals surface area contributed by atoms with E-state index in [9.17, 15) is 24.3 Å². The van der Waals surface area contributed by atoms with Crippen LogP contribution < -0.4 is 25.7 Å². The molecule has 3 aromatic carbocycles. The first-order chi connectivity index (χ1) is 35.2. The fourth-order valence-corrected chi connectivity index (χ4v) is 11.9. The third kappa shape index (κ3) is 12.3. The van der Waals surface area contributed by atoms with Crippen molar-refractivity contribution in [1.82, 2.24) is 34.9 Å². The number of nitrogens with zero attached hydrogens (tertiary/aromatic N) is 7. The predicted molar refractivity (Wildman–Crippen MR) is 269 cm³/mol. The number of aromatic amines is 1.